The van der Waals surface area contributed by atoms with Crippen molar-refractivity contribution in [1.29, 1.82) is 0 Å². The molecule has 2 atom stereocenters. The van der Waals surface area contributed by atoms with Gasteiger partial charge < -0.3 is 10.2 Å². The number of nitrogens with zero attached hydrogens (tertiary/aromatic N) is 2. The fourth-order valence-corrected chi connectivity index (χ4v) is 4.15. The Bertz CT molecular complexity index is 813. The number of piperazine rings is 1. The molecule has 0 bridgehead atoms. The molecule has 1 saturated carbocycles. The zero-order valence-corrected chi connectivity index (χ0v) is 15.7. The standard InChI is InChI=1S/C22H26FN3O/c1-2-15-3-6-18(15)21-8-5-17(14-25-21)16-4-7-20(23)19(13-16)22(27)26-11-9-24-10-12-26/h4-5,7-8,13-15,18,24H,2-3,6,9-12H2,1H3. The van der Waals surface area contributed by atoms with E-state index in [-0.39, 0.29) is 11.5 Å². The van der Waals surface area contributed by atoms with Gasteiger partial charge >= 0.3 is 0 Å². The normalized spacial score (nSPS) is 22.4. The van der Waals surface area contributed by atoms with Crippen molar-refractivity contribution in [2.45, 2.75) is 32.1 Å². The van der Waals surface area contributed by atoms with Gasteiger partial charge in [-0.2, -0.15) is 0 Å². The van der Waals surface area contributed by atoms with Gasteiger partial charge in [0.05, 0.1) is 5.56 Å². The molecule has 27 heavy (non-hydrogen) atoms. The van der Waals surface area contributed by atoms with Gasteiger partial charge in [0, 0.05) is 49.6 Å². The monoisotopic (exact) mass is 367 g/mol. The summed E-state index contributed by atoms with van der Waals surface area (Å²) in [6.45, 7) is 4.95. The lowest BCUT2D eigenvalue weighted by Gasteiger charge is -2.35. The number of benzene rings is 1. The number of amides is 1. The fraction of sp³-hybridized carbons (Fsp3) is 0.455. The third-order valence-electron chi connectivity index (χ3n) is 6.04. The van der Waals surface area contributed by atoms with Crippen molar-refractivity contribution in [2.75, 3.05) is 26.2 Å². The minimum atomic E-state index is -0.466. The minimum absolute atomic E-state index is 0.142. The first kappa shape index (κ1) is 18.1. The van der Waals surface area contributed by atoms with E-state index in [4.69, 9.17) is 0 Å². The molecule has 2 fully saturated rings. The molecule has 1 amide bonds. The lowest BCUT2D eigenvalue weighted by molar-refractivity contribution is 0.0731. The first-order valence-corrected chi connectivity index (χ1v) is 9.93. The Kier molecular flexibility index (Phi) is 5.21. The van der Waals surface area contributed by atoms with Gasteiger partial charge in [0.15, 0.2) is 0 Å². The van der Waals surface area contributed by atoms with Gasteiger partial charge in [-0.25, -0.2) is 4.39 Å². The molecule has 4 rings (SSSR count). The first-order chi connectivity index (χ1) is 13.2. The third kappa shape index (κ3) is 3.61. The summed E-state index contributed by atoms with van der Waals surface area (Å²) < 4.78 is 14.3. The summed E-state index contributed by atoms with van der Waals surface area (Å²) in [6.07, 6.45) is 5.56. The van der Waals surface area contributed by atoms with Crippen LogP contribution in [0.25, 0.3) is 11.1 Å². The van der Waals surface area contributed by atoms with Crippen molar-refractivity contribution in [1.82, 2.24) is 15.2 Å². The van der Waals surface area contributed by atoms with E-state index >= 15 is 0 Å². The van der Waals surface area contributed by atoms with E-state index < -0.39 is 5.82 Å². The fourth-order valence-electron chi connectivity index (χ4n) is 4.15. The Morgan fingerprint density at radius 2 is 1.96 bits per heavy atom. The summed E-state index contributed by atoms with van der Waals surface area (Å²) >= 11 is 0. The van der Waals surface area contributed by atoms with Gasteiger partial charge in [0.1, 0.15) is 5.82 Å². The first-order valence-electron chi connectivity index (χ1n) is 9.93. The maximum absolute atomic E-state index is 14.3. The second-order valence-corrected chi connectivity index (χ2v) is 7.56. The zero-order chi connectivity index (χ0) is 18.8. The van der Waals surface area contributed by atoms with E-state index in [1.807, 2.05) is 12.3 Å². The number of halogens is 1. The number of hydrogen-bond donors (Lipinski definition) is 1. The van der Waals surface area contributed by atoms with Crippen LogP contribution in [-0.2, 0) is 0 Å². The molecule has 1 aliphatic carbocycles. The van der Waals surface area contributed by atoms with Crippen molar-refractivity contribution in [3.05, 3.63) is 53.6 Å². The average Bonchev–Trinajstić information content (AvgIpc) is 2.69. The van der Waals surface area contributed by atoms with E-state index in [1.165, 1.54) is 25.3 Å². The van der Waals surface area contributed by atoms with Crippen LogP contribution in [0, 0.1) is 11.7 Å². The van der Waals surface area contributed by atoms with Crippen LogP contribution in [0.3, 0.4) is 0 Å². The molecule has 2 aliphatic rings. The molecule has 0 spiro atoms. The quantitative estimate of drug-likeness (QED) is 0.893. The minimum Gasteiger partial charge on any atom is -0.336 e. The molecule has 0 radical (unpaired) electrons. The van der Waals surface area contributed by atoms with Crippen molar-refractivity contribution in [3.63, 3.8) is 0 Å². The second-order valence-electron chi connectivity index (χ2n) is 7.56. The van der Waals surface area contributed by atoms with E-state index in [9.17, 15) is 9.18 Å². The highest BCUT2D eigenvalue weighted by atomic mass is 19.1. The molecule has 5 heteroatoms. The number of pyridine rings is 1. The molecular weight excluding hydrogens is 341 g/mol. The van der Waals surface area contributed by atoms with Crippen LogP contribution < -0.4 is 5.32 Å². The molecule has 2 unspecified atom stereocenters. The van der Waals surface area contributed by atoms with Gasteiger partial charge in [-0.3, -0.25) is 9.78 Å². The molecule has 1 aliphatic heterocycles. The van der Waals surface area contributed by atoms with Crippen LogP contribution in [0.5, 0.6) is 0 Å². The number of rotatable bonds is 4. The van der Waals surface area contributed by atoms with Crippen molar-refractivity contribution < 1.29 is 9.18 Å². The van der Waals surface area contributed by atoms with Gasteiger partial charge in [0.25, 0.3) is 5.91 Å². The SMILES string of the molecule is CCC1CCC1c1ccc(-c2ccc(F)c(C(=O)N3CCNCC3)c2)cn1. The zero-order valence-electron chi connectivity index (χ0n) is 15.7. The maximum atomic E-state index is 14.3. The van der Waals surface area contributed by atoms with Gasteiger partial charge in [-0.1, -0.05) is 25.5 Å². The molecule has 1 saturated heterocycles. The predicted octanol–water partition coefficient (Wildman–Crippen LogP) is 3.84. The molecule has 1 aromatic heterocycles. The smallest absolute Gasteiger partial charge is 0.256 e. The summed E-state index contributed by atoms with van der Waals surface area (Å²) in [5, 5.41) is 3.21. The van der Waals surface area contributed by atoms with Crippen molar-refractivity contribution in [3.8, 4) is 11.1 Å². The van der Waals surface area contributed by atoms with Gasteiger partial charge in [-0.05, 0) is 42.5 Å². The van der Waals surface area contributed by atoms with E-state index in [2.05, 4.69) is 23.3 Å². The summed E-state index contributed by atoms with van der Waals surface area (Å²) in [6, 6.07) is 8.90. The highest BCUT2D eigenvalue weighted by molar-refractivity contribution is 5.95. The van der Waals surface area contributed by atoms with Gasteiger partial charge in [-0.15, -0.1) is 0 Å². The number of aromatic nitrogens is 1. The van der Waals surface area contributed by atoms with Crippen molar-refractivity contribution >= 4 is 5.91 Å². The maximum Gasteiger partial charge on any atom is 0.256 e. The van der Waals surface area contributed by atoms with Crippen LogP contribution in [-0.4, -0.2) is 42.0 Å². The summed E-state index contributed by atoms with van der Waals surface area (Å²) in [4.78, 5) is 19.1. The molecule has 2 aromatic rings. The van der Waals surface area contributed by atoms with E-state index in [0.29, 0.717) is 19.0 Å². The molecular formula is C22H26FN3O. The average molecular weight is 367 g/mol. The number of carbonyl (C=O) groups excluding carboxylic acids is 1. The van der Waals surface area contributed by atoms with Crippen LogP contribution in [0.2, 0.25) is 0 Å². The Labute approximate surface area is 159 Å². The second kappa shape index (κ2) is 7.77. The summed E-state index contributed by atoms with van der Waals surface area (Å²) in [5.41, 5.74) is 3.04. The number of hydrogen-bond acceptors (Lipinski definition) is 3. The molecule has 2 heterocycles. The summed E-state index contributed by atoms with van der Waals surface area (Å²) in [5.74, 6) is 0.618. The third-order valence-corrected chi connectivity index (χ3v) is 6.04. The Morgan fingerprint density at radius 1 is 1.19 bits per heavy atom. The highest BCUT2D eigenvalue weighted by Gasteiger charge is 2.31. The van der Waals surface area contributed by atoms with Gasteiger partial charge in [0.2, 0.25) is 0 Å². The highest BCUT2D eigenvalue weighted by Crippen LogP contribution is 2.43. The van der Waals surface area contributed by atoms with Crippen LogP contribution in [0.15, 0.2) is 36.5 Å². The van der Waals surface area contributed by atoms with Crippen LogP contribution >= 0.6 is 0 Å². The molecule has 1 aromatic carbocycles. The lowest BCUT2D eigenvalue weighted by atomic mass is 9.70. The Hall–Kier alpha value is -2.27. The Balaban J connectivity index is 1.56. The number of nitrogens with one attached hydrogen (secondary N) is 1. The van der Waals surface area contributed by atoms with Crippen LogP contribution in [0.4, 0.5) is 4.39 Å². The molecule has 1 N–H and O–H groups in total. The predicted molar refractivity (Wildman–Crippen MR) is 104 cm³/mol. The summed E-state index contributed by atoms with van der Waals surface area (Å²) in [7, 11) is 0. The van der Waals surface area contributed by atoms with E-state index in [0.717, 1.165) is 35.8 Å². The Morgan fingerprint density at radius 3 is 2.59 bits per heavy atom. The lowest BCUT2D eigenvalue weighted by Crippen LogP contribution is -2.46. The largest absolute Gasteiger partial charge is 0.336 e. The van der Waals surface area contributed by atoms with E-state index in [1.54, 1.807) is 17.0 Å². The molecule has 142 valence electrons. The molecule has 4 nitrogen and oxygen atoms in total. The van der Waals surface area contributed by atoms with Crippen LogP contribution in [0.1, 0.15) is 48.2 Å². The number of carbonyl (C=O) groups is 1. The topological polar surface area (TPSA) is 45.2 Å². The van der Waals surface area contributed by atoms with Crippen molar-refractivity contribution in [2.24, 2.45) is 5.92 Å².